The van der Waals surface area contributed by atoms with Gasteiger partial charge in [0.1, 0.15) is 0 Å². The molecule has 0 radical (unpaired) electrons. The van der Waals surface area contributed by atoms with Crippen molar-refractivity contribution < 1.29 is 0 Å². The lowest BCUT2D eigenvalue weighted by molar-refractivity contribution is 0.881. The summed E-state index contributed by atoms with van der Waals surface area (Å²) in [5.41, 5.74) is 0. The van der Waals surface area contributed by atoms with Crippen LogP contribution in [0.4, 0.5) is 5.95 Å². The van der Waals surface area contributed by atoms with Gasteiger partial charge < -0.3 is 5.32 Å². The van der Waals surface area contributed by atoms with Gasteiger partial charge in [-0.15, -0.1) is 6.58 Å². The van der Waals surface area contributed by atoms with Crippen LogP contribution in [0.25, 0.3) is 0 Å². The number of rotatable bonds is 3. The van der Waals surface area contributed by atoms with Crippen LogP contribution in [0.1, 0.15) is 0 Å². The average molecular weight is 125 g/mol. The van der Waals surface area contributed by atoms with Crippen molar-refractivity contribution in [2.45, 2.75) is 0 Å². The van der Waals surface area contributed by atoms with Crippen molar-refractivity contribution in [3.05, 3.63) is 12.7 Å². The quantitative estimate of drug-likeness (QED) is 0.549. The molecule has 1 aromatic heterocycles. The Bertz CT molecular complexity index is 167. The summed E-state index contributed by atoms with van der Waals surface area (Å²) in [6.45, 7) is 4.18. The molecule has 5 heteroatoms. The van der Waals surface area contributed by atoms with Crippen LogP contribution < -0.4 is 5.32 Å². The molecule has 1 aromatic rings. The molecule has 0 aromatic carbocycles. The van der Waals surface area contributed by atoms with Crippen LogP contribution in [0, 0.1) is 0 Å². The molecule has 0 amide bonds. The molecule has 48 valence electrons. The minimum Gasteiger partial charge on any atom is -0.350 e. The summed E-state index contributed by atoms with van der Waals surface area (Å²) in [4.78, 5) is 0. The van der Waals surface area contributed by atoms with Crippen molar-refractivity contribution in [1.82, 2.24) is 20.6 Å². The van der Waals surface area contributed by atoms with Crippen molar-refractivity contribution in [3.8, 4) is 0 Å². The second-order valence-corrected chi connectivity index (χ2v) is 1.42. The third-order valence-electron chi connectivity index (χ3n) is 0.759. The van der Waals surface area contributed by atoms with Crippen LogP contribution in [0.5, 0.6) is 0 Å². The minimum absolute atomic E-state index is 0.565. The molecule has 9 heavy (non-hydrogen) atoms. The zero-order chi connectivity index (χ0) is 6.53. The smallest absolute Gasteiger partial charge is 0.240 e. The summed E-state index contributed by atoms with van der Waals surface area (Å²) in [7, 11) is 0. The van der Waals surface area contributed by atoms with Gasteiger partial charge in [0.05, 0.1) is 0 Å². The van der Waals surface area contributed by atoms with Crippen LogP contribution in [0.2, 0.25) is 0 Å². The number of hydrogen-bond donors (Lipinski definition) is 2. The van der Waals surface area contributed by atoms with E-state index in [1.165, 1.54) is 0 Å². The molecule has 0 bridgehead atoms. The van der Waals surface area contributed by atoms with Crippen molar-refractivity contribution in [1.29, 1.82) is 0 Å². The summed E-state index contributed by atoms with van der Waals surface area (Å²) >= 11 is 0. The molecule has 2 N–H and O–H groups in total. The molecule has 0 aliphatic heterocycles. The third-order valence-corrected chi connectivity index (χ3v) is 0.759. The van der Waals surface area contributed by atoms with Gasteiger partial charge in [-0.05, 0) is 10.4 Å². The van der Waals surface area contributed by atoms with Crippen molar-refractivity contribution >= 4 is 5.95 Å². The Labute approximate surface area is 52.2 Å². The molecule has 0 fully saturated rings. The first-order chi connectivity index (χ1) is 4.43. The number of nitrogens with one attached hydrogen (secondary N) is 2. The van der Waals surface area contributed by atoms with Gasteiger partial charge in [-0.1, -0.05) is 11.2 Å². The van der Waals surface area contributed by atoms with Crippen LogP contribution in [0.15, 0.2) is 12.7 Å². The highest BCUT2D eigenvalue weighted by Crippen LogP contribution is 1.86. The largest absolute Gasteiger partial charge is 0.350 e. The van der Waals surface area contributed by atoms with Crippen molar-refractivity contribution in [3.63, 3.8) is 0 Å². The maximum Gasteiger partial charge on any atom is 0.240 e. The van der Waals surface area contributed by atoms with Crippen molar-refractivity contribution in [2.75, 3.05) is 11.9 Å². The van der Waals surface area contributed by atoms with Gasteiger partial charge in [-0.25, -0.2) is 5.10 Å². The third kappa shape index (κ3) is 1.52. The Kier molecular flexibility index (Phi) is 1.79. The Morgan fingerprint density at radius 1 is 1.78 bits per heavy atom. The van der Waals surface area contributed by atoms with E-state index in [0.29, 0.717) is 12.5 Å². The van der Waals surface area contributed by atoms with Crippen LogP contribution in [0.3, 0.4) is 0 Å². The first kappa shape index (κ1) is 5.74. The Hall–Kier alpha value is -1.39. The maximum absolute atomic E-state index is 3.58. The second kappa shape index (κ2) is 2.81. The lowest BCUT2D eigenvalue weighted by Crippen LogP contribution is -1.98. The van der Waals surface area contributed by atoms with Crippen molar-refractivity contribution in [2.24, 2.45) is 0 Å². The minimum atomic E-state index is 0.565. The van der Waals surface area contributed by atoms with Gasteiger partial charge in [-0.2, -0.15) is 0 Å². The first-order valence-electron chi connectivity index (χ1n) is 2.52. The monoisotopic (exact) mass is 125 g/mol. The van der Waals surface area contributed by atoms with Crippen LogP contribution in [-0.2, 0) is 0 Å². The molecule has 5 nitrogen and oxygen atoms in total. The Morgan fingerprint density at radius 2 is 2.67 bits per heavy atom. The molecule has 0 aliphatic rings. The fraction of sp³-hybridized carbons (Fsp3) is 0.250. The fourth-order valence-corrected chi connectivity index (χ4v) is 0.403. The van der Waals surface area contributed by atoms with Gasteiger partial charge in [0.2, 0.25) is 5.95 Å². The van der Waals surface area contributed by atoms with Gasteiger partial charge in [-0.3, -0.25) is 0 Å². The van der Waals surface area contributed by atoms with E-state index in [4.69, 9.17) is 0 Å². The lowest BCUT2D eigenvalue weighted by Gasteiger charge is -1.91. The van der Waals surface area contributed by atoms with Crippen LogP contribution in [-0.4, -0.2) is 27.2 Å². The predicted octanol–water partition coefficient (Wildman–Crippen LogP) is -0.202. The molecular formula is C4H7N5. The number of anilines is 1. The standard InChI is InChI=1S/C4H7N5/c1-2-3-5-4-6-8-9-7-4/h2H,1,3H2,(H2,5,6,7,8,9). The van der Waals surface area contributed by atoms with E-state index in [0.717, 1.165) is 0 Å². The molecule has 1 heterocycles. The van der Waals surface area contributed by atoms with E-state index in [1.54, 1.807) is 6.08 Å². The summed E-state index contributed by atoms with van der Waals surface area (Å²) in [5, 5.41) is 15.7. The highest BCUT2D eigenvalue weighted by atomic mass is 15.5. The maximum atomic E-state index is 3.58. The fourth-order valence-electron chi connectivity index (χ4n) is 0.403. The molecule has 1 rings (SSSR count). The summed E-state index contributed by atoms with van der Waals surface area (Å²) in [6.07, 6.45) is 1.72. The topological polar surface area (TPSA) is 66.5 Å². The number of aromatic amines is 1. The normalized spacial score (nSPS) is 8.89. The van der Waals surface area contributed by atoms with Gasteiger partial charge >= 0.3 is 0 Å². The van der Waals surface area contributed by atoms with E-state index >= 15 is 0 Å². The van der Waals surface area contributed by atoms with E-state index in [-0.39, 0.29) is 0 Å². The highest BCUT2D eigenvalue weighted by molar-refractivity contribution is 5.19. The molecule has 0 saturated heterocycles. The number of tetrazole rings is 1. The van der Waals surface area contributed by atoms with E-state index in [9.17, 15) is 0 Å². The molecule has 0 unspecified atom stereocenters. The zero-order valence-electron chi connectivity index (χ0n) is 4.83. The number of nitrogens with zero attached hydrogens (tertiary/aromatic N) is 3. The average Bonchev–Trinajstić information content (AvgIpc) is 2.34. The summed E-state index contributed by atoms with van der Waals surface area (Å²) < 4.78 is 0. The summed E-state index contributed by atoms with van der Waals surface area (Å²) in [5.74, 6) is 0.565. The van der Waals surface area contributed by atoms with Crippen LogP contribution >= 0.6 is 0 Å². The highest BCUT2D eigenvalue weighted by Gasteiger charge is 1.88. The molecule has 0 spiro atoms. The second-order valence-electron chi connectivity index (χ2n) is 1.42. The number of hydrogen-bond acceptors (Lipinski definition) is 4. The van der Waals surface area contributed by atoms with Gasteiger partial charge in [0.15, 0.2) is 0 Å². The number of aromatic nitrogens is 4. The Morgan fingerprint density at radius 3 is 3.22 bits per heavy atom. The summed E-state index contributed by atoms with van der Waals surface area (Å²) in [6, 6.07) is 0. The lowest BCUT2D eigenvalue weighted by atomic mass is 10.6. The molecular weight excluding hydrogens is 118 g/mol. The molecule has 0 atom stereocenters. The predicted molar refractivity (Wildman–Crippen MR) is 32.9 cm³/mol. The van der Waals surface area contributed by atoms with E-state index < -0.39 is 0 Å². The molecule has 0 saturated carbocycles. The van der Waals surface area contributed by atoms with Gasteiger partial charge in [0.25, 0.3) is 0 Å². The number of H-pyrrole nitrogens is 1. The SMILES string of the molecule is C=CCNc1nnn[nH]1. The first-order valence-corrected chi connectivity index (χ1v) is 2.52. The van der Waals surface area contributed by atoms with Gasteiger partial charge in [0, 0.05) is 6.54 Å². The van der Waals surface area contributed by atoms with E-state index in [1.807, 2.05) is 0 Å². The zero-order valence-corrected chi connectivity index (χ0v) is 4.83. The molecule has 0 aliphatic carbocycles. The Balaban J connectivity index is 2.38. The van der Waals surface area contributed by atoms with E-state index in [2.05, 4.69) is 32.5 Å².